The predicted octanol–water partition coefficient (Wildman–Crippen LogP) is 2.78. The van der Waals surface area contributed by atoms with E-state index in [0.717, 1.165) is 6.07 Å². The zero-order chi connectivity index (χ0) is 36.3. The van der Waals surface area contributed by atoms with Crippen molar-refractivity contribution in [2.45, 2.75) is 75.3 Å². The Kier molecular flexibility index (Phi) is 11.5. The van der Waals surface area contributed by atoms with E-state index >= 15 is 0 Å². The number of hydrogen-bond acceptors (Lipinski definition) is 13. The average molecular weight is 701 g/mol. The molecule has 2 aromatic carbocycles. The molecule has 2 fully saturated rings. The lowest BCUT2D eigenvalue weighted by Gasteiger charge is -2.39. The van der Waals surface area contributed by atoms with Crippen LogP contribution in [-0.2, 0) is 19.0 Å². The SMILES string of the molecule is C=C(COc1cc(O)c2c(=O)c(-c3ccc(OC)cc3)c(C(=O)O)oc2c1C1CC(OCC(=O)O)C(O)C(CO)O1)CC1O[C@@H](C)CCC1O. The molecule has 3 heterocycles. The van der Waals surface area contributed by atoms with E-state index in [2.05, 4.69) is 6.58 Å². The van der Waals surface area contributed by atoms with Gasteiger partial charge in [-0.3, -0.25) is 4.79 Å². The number of carboxylic acids is 2. The average Bonchev–Trinajstić information content (AvgIpc) is 3.08. The van der Waals surface area contributed by atoms with Crippen molar-refractivity contribution >= 4 is 22.9 Å². The minimum atomic E-state index is -1.60. The Morgan fingerprint density at radius 1 is 1.04 bits per heavy atom. The van der Waals surface area contributed by atoms with Crippen LogP contribution < -0.4 is 14.9 Å². The molecular weight excluding hydrogens is 660 g/mol. The fraction of sp³-hybridized carbons (Fsp3) is 0.457. The van der Waals surface area contributed by atoms with Gasteiger partial charge in [0.15, 0.2) is 5.58 Å². The molecule has 50 heavy (non-hydrogen) atoms. The third-order valence-corrected chi connectivity index (χ3v) is 8.82. The Morgan fingerprint density at radius 3 is 2.40 bits per heavy atom. The number of aromatic carboxylic acids is 1. The number of rotatable bonds is 13. The van der Waals surface area contributed by atoms with Crippen LogP contribution in [0.5, 0.6) is 17.2 Å². The molecule has 6 unspecified atom stereocenters. The summed E-state index contributed by atoms with van der Waals surface area (Å²) in [6.45, 7) is 4.24. The second-order valence-electron chi connectivity index (χ2n) is 12.4. The van der Waals surface area contributed by atoms with E-state index in [-0.39, 0.29) is 48.0 Å². The summed E-state index contributed by atoms with van der Waals surface area (Å²) in [5.41, 5.74) is -1.07. The van der Waals surface area contributed by atoms with E-state index in [1.807, 2.05) is 6.92 Å². The highest BCUT2D eigenvalue weighted by Gasteiger charge is 2.42. The Bertz CT molecular complexity index is 1780. The molecule has 0 aliphatic carbocycles. The normalized spacial score (nSPS) is 25.3. The number of aliphatic hydroxyl groups is 3. The van der Waals surface area contributed by atoms with Gasteiger partial charge in [0.05, 0.1) is 55.4 Å². The lowest BCUT2D eigenvalue weighted by atomic mass is 9.91. The van der Waals surface area contributed by atoms with Gasteiger partial charge >= 0.3 is 11.9 Å². The summed E-state index contributed by atoms with van der Waals surface area (Å²) < 4.78 is 34.5. The molecule has 0 saturated carbocycles. The molecule has 1 aromatic heterocycles. The number of aliphatic carboxylic acids is 1. The maximum Gasteiger partial charge on any atom is 0.372 e. The van der Waals surface area contributed by atoms with Gasteiger partial charge in [-0.05, 0) is 43.0 Å². The summed E-state index contributed by atoms with van der Waals surface area (Å²) in [5.74, 6) is -3.97. The fourth-order valence-corrected chi connectivity index (χ4v) is 6.31. The minimum absolute atomic E-state index is 0.0649. The Morgan fingerprint density at radius 2 is 1.76 bits per heavy atom. The number of aromatic hydroxyl groups is 1. The monoisotopic (exact) mass is 700 g/mol. The van der Waals surface area contributed by atoms with Crippen molar-refractivity contribution in [3.63, 3.8) is 0 Å². The summed E-state index contributed by atoms with van der Waals surface area (Å²) in [6, 6.07) is 7.08. The Labute approximate surface area is 285 Å². The quantitative estimate of drug-likeness (QED) is 0.141. The molecule has 0 spiro atoms. The van der Waals surface area contributed by atoms with Crippen LogP contribution in [0.4, 0.5) is 0 Å². The molecule has 3 aromatic rings. The van der Waals surface area contributed by atoms with E-state index in [0.29, 0.717) is 24.2 Å². The maximum absolute atomic E-state index is 14.1. The third kappa shape index (κ3) is 7.78. The van der Waals surface area contributed by atoms with Crippen molar-refractivity contribution in [3.8, 4) is 28.4 Å². The smallest absolute Gasteiger partial charge is 0.372 e. The first-order valence-corrected chi connectivity index (χ1v) is 16.0. The summed E-state index contributed by atoms with van der Waals surface area (Å²) >= 11 is 0. The first-order valence-electron chi connectivity index (χ1n) is 16.0. The molecule has 0 radical (unpaired) electrons. The number of benzene rings is 2. The third-order valence-electron chi connectivity index (χ3n) is 8.82. The van der Waals surface area contributed by atoms with Crippen LogP contribution in [-0.4, -0.2) is 106 Å². The number of fused-ring (bicyclic) bond motifs is 1. The van der Waals surface area contributed by atoms with E-state index in [4.69, 9.17) is 28.1 Å². The summed E-state index contributed by atoms with van der Waals surface area (Å²) in [7, 11) is 1.44. The van der Waals surface area contributed by atoms with Gasteiger partial charge in [-0.25, -0.2) is 9.59 Å². The maximum atomic E-state index is 14.1. The van der Waals surface area contributed by atoms with Crippen molar-refractivity contribution < 1.29 is 68.3 Å². The number of phenols is 1. The molecule has 2 saturated heterocycles. The lowest BCUT2D eigenvalue weighted by Crippen LogP contribution is -2.49. The molecule has 2 aliphatic heterocycles. The van der Waals surface area contributed by atoms with Crippen molar-refractivity contribution in [1.82, 2.24) is 0 Å². The number of aliphatic hydroxyl groups excluding tert-OH is 3. The molecule has 6 N–H and O–H groups in total. The number of ether oxygens (including phenoxy) is 5. The van der Waals surface area contributed by atoms with Gasteiger partial charge in [0.1, 0.15) is 48.1 Å². The van der Waals surface area contributed by atoms with E-state index < -0.39 is 89.7 Å². The highest BCUT2D eigenvalue weighted by atomic mass is 16.6. The summed E-state index contributed by atoms with van der Waals surface area (Å²) in [4.78, 5) is 38.0. The molecule has 270 valence electrons. The fourth-order valence-electron chi connectivity index (χ4n) is 6.31. The topological polar surface area (TPSA) is 232 Å². The van der Waals surface area contributed by atoms with Crippen LogP contribution in [0.2, 0.25) is 0 Å². The van der Waals surface area contributed by atoms with E-state index in [1.54, 1.807) is 0 Å². The van der Waals surface area contributed by atoms with Gasteiger partial charge in [-0.2, -0.15) is 0 Å². The van der Waals surface area contributed by atoms with Crippen LogP contribution in [0.25, 0.3) is 22.1 Å². The molecule has 5 rings (SSSR count). The molecule has 2 aliphatic rings. The highest BCUT2D eigenvalue weighted by Crippen LogP contribution is 2.45. The van der Waals surface area contributed by atoms with Gasteiger partial charge in [0, 0.05) is 18.9 Å². The van der Waals surface area contributed by atoms with Crippen LogP contribution in [0.1, 0.15) is 54.8 Å². The first-order chi connectivity index (χ1) is 23.8. The molecule has 7 atom stereocenters. The zero-order valence-corrected chi connectivity index (χ0v) is 27.4. The van der Waals surface area contributed by atoms with Crippen molar-refractivity contribution in [3.05, 3.63) is 64.0 Å². The summed E-state index contributed by atoms with van der Waals surface area (Å²) in [6.07, 6.45) is -5.32. The lowest BCUT2D eigenvalue weighted by molar-refractivity contribution is -0.198. The molecule has 0 amide bonds. The van der Waals surface area contributed by atoms with Gasteiger partial charge in [0.2, 0.25) is 11.2 Å². The molecule has 0 bridgehead atoms. The van der Waals surface area contributed by atoms with Crippen molar-refractivity contribution in [2.24, 2.45) is 0 Å². The van der Waals surface area contributed by atoms with Gasteiger partial charge < -0.3 is 58.7 Å². The number of methoxy groups -OCH3 is 1. The second-order valence-corrected chi connectivity index (χ2v) is 12.4. The largest absolute Gasteiger partial charge is 0.507 e. The molecular formula is C35H40O15. The van der Waals surface area contributed by atoms with Gasteiger partial charge in [-0.15, -0.1) is 0 Å². The van der Waals surface area contributed by atoms with Crippen LogP contribution >= 0.6 is 0 Å². The van der Waals surface area contributed by atoms with Gasteiger partial charge in [0.25, 0.3) is 0 Å². The standard InChI is InChI=1S/C35H40O15/c1-16(10-22-20(37)9-4-17(2)48-22)14-46-23-11-21(38)29-32(42)28(18-5-7-19(45-3)8-6-18)34(35(43)44)50-33(29)30(23)24-12-25(47-15-27(39)40)31(41)26(13-36)49-24/h5-8,11,17,20,22,24-26,31,36-38,41H,1,4,9-10,12-15H2,2-3H3,(H,39,40)(H,43,44)/t17-,20?,22?,24?,25?,26?,31?/m0/s1. The second kappa shape index (κ2) is 15.6. The highest BCUT2D eigenvalue weighted by molar-refractivity contribution is 5.99. The van der Waals surface area contributed by atoms with Gasteiger partial charge in [-0.1, -0.05) is 18.7 Å². The number of phenolic OH excluding ortho intramolecular Hbond substituents is 1. The first kappa shape index (κ1) is 36.8. The Balaban J connectivity index is 1.64. The van der Waals surface area contributed by atoms with Crippen molar-refractivity contribution in [2.75, 3.05) is 26.9 Å². The predicted molar refractivity (Wildman–Crippen MR) is 175 cm³/mol. The van der Waals surface area contributed by atoms with E-state index in [1.165, 1.54) is 31.4 Å². The number of carboxylic acid groups (broad SMARTS) is 2. The number of carbonyl (C=O) groups is 2. The zero-order valence-electron chi connectivity index (χ0n) is 27.4. The Hall–Kier alpha value is -4.51. The number of hydrogen-bond donors (Lipinski definition) is 6. The molecule has 15 heteroatoms. The van der Waals surface area contributed by atoms with E-state index in [9.17, 15) is 45.0 Å². The van der Waals surface area contributed by atoms with Crippen LogP contribution in [0.15, 0.2) is 51.7 Å². The van der Waals surface area contributed by atoms with Crippen LogP contribution in [0, 0.1) is 0 Å². The molecule has 15 nitrogen and oxygen atoms in total. The van der Waals surface area contributed by atoms with Crippen molar-refractivity contribution in [1.29, 1.82) is 0 Å². The summed E-state index contributed by atoms with van der Waals surface area (Å²) in [5, 5.41) is 61.6. The minimum Gasteiger partial charge on any atom is -0.507 e. The van der Waals surface area contributed by atoms with Crippen LogP contribution in [0.3, 0.4) is 0 Å².